The Labute approximate surface area is 157 Å². The van der Waals surface area contributed by atoms with Crippen molar-refractivity contribution in [3.05, 3.63) is 41.1 Å². The molecule has 1 fully saturated rings. The van der Waals surface area contributed by atoms with Gasteiger partial charge in [0.25, 0.3) is 0 Å². The molecule has 3 heterocycles. The first-order chi connectivity index (χ1) is 12.7. The van der Waals surface area contributed by atoms with Gasteiger partial charge in [0.2, 0.25) is 5.91 Å². The number of urea groups is 1. The van der Waals surface area contributed by atoms with Crippen LogP contribution in [0.25, 0.3) is 0 Å². The maximum absolute atomic E-state index is 12.4. The van der Waals surface area contributed by atoms with Crippen molar-refractivity contribution >= 4 is 23.3 Å². The molecular weight excluding hydrogens is 350 g/mol. The van der Waals surface area contributed by atoms with E-state index in [-0.39, 0.29) is 17.9 Å². The van der Waals surface area contributed by atoms with Crippen LogP contribution in [0.5, 0.6) is 0 Å². The normalized spacial score (nSPS) is 17.1. The highest BCUT2D eigenvalue weighted by Gasteiger charge is 2.28. The molecule has 0 spiro atoms. The highest BCUT2D eigenvalue weighted by molar-refractivity contribution is 7.09. The van der Waals surface area contributed by atoms with Crippen molar-refractivity contribution in [3.63, 3.8) is 0 Å². The van der Waals surface area contributed by atoms with Gasteiger partial charge in [-0.15, -0.1) is 11.3 Å². The Kier molecular flexibility index (Phi) is 6.65. The summed E-state index contributed by atoms with van der Waals surface area (Å²) in [4.78, 5) is 31.6. The van der Waals surface area contributed by atoms with E-state index in [1.165, 1.54) is 0 Å². The molecule has 2 aromatic heterocycles. The summed E-state index contributed by atoms with van der Waals surface area (Å²) in [7, 11) is 0. The van der Waals surface area contributed by atoms with Crippen LogP contribution in [-0.4, -0.2) is 46.0 Å². The summed E-state index contributed by atoms with van der Waals surface area (Å²) in [6.07, 6.45) is 7.99. The van der Waals surface area contributed by atoms with Gasteiger partial charge in [-0.1, -0.05) is 6.07 Å². The standard InChI is InChI=1S/C18H25N5O2S/c24-17(20-6-3-8-22-10-7-19-14-22)15-4-1-9-23(13-15)18(25)21-12-16-5-2-11-26-16/h2,5,7,10-11,14-15H,1,3-4,6,8-9,12-13H2,(H,20,24)(H,21,25). The van der Waals surface area contributed by atoms with Crippen LogP contribution >= 0.6 is 11.3 Å². The number of carbonyl (C=O) groups excluding carboxylic acids is 2. The Morgan fingerprint density at radius 3 is 3.04 bits per heavy atom. The van der Waals surface area contributed by atoms with Gasteiger partial charge in [0.1, 0.15) is 0 Å². The smallest absolute Gasteiger partial charge is 0.317 e. The number of nitrogens with one attached hydrogen (secondary N) is 2. The Hall–Kier alpha value is -2.35. The first kappa shape index (κ1) is 18.4. The van der Waals surface area contributed by atoms with Gasteiger partial charge < -0.3 is 20.1 Å². The Balaban J connectivity index is 1.37. The number of hydrogen-bond donors (Lipinski definition) is 2. The van der Waals surface area contributed by atoms with Crippen molar-refractivity contribution in [2.24, 2.45) is 5.92 Å². The van der Waals surface area contributed by atoms with E-state index in [0.717, 1.165) is 30.7 Å². The molecule has 0 radical (unpaired) electrons. The highest BCUT2D eigenvalue weighted by atomic mass is 32.1. The molecular formula is C18H25N5O2S. The molecule has 1 aliphatic heterocycles. The van der Waals surface area contributed by atoms with Crippen LogP contribution in [0.4, 0.5) is 4.79 Å². The lowest BCUT2D eigenvalue weighted by Crippen LogP contribution is -2.48. The number of hydrogen-bond acceptors (Lipinski definition) is 4. The highest BCUT2D eigenvalue weighted by Crippen LogP contribution is 2.17. The van der Waals surface area contributed by atoms with Crippen LogP contribution in [0.15, 0.2) is 36.2 Å². The summed E-state index contributed by atoms with van der Waals surface area (Å²) in [6.45, 7) is 3.21. The number of likely N-dealkylation sites (tertiary alicyclic amines) is 1. The lowest BCUT2D eigenvalue weighted by Gasteiger charge is -2.32. The van der Waals surface area contributed by atoms with Crippen LogP contribution in [0.2, 0.25) is 0 Å². The first-order valence-electron chi connectivity index (χ1n) is 9.01. The van der Waals surface area contributed by atoms with Crippen LogP contribution in [0.3, 0.4) is 0 Å². The summed E-state index contributed by atoms with van der Waals surface area (Å²) < 4.78 is 1.99. The first-order valence-corrected chi connectivity index (χ1v) is 9.89. The van der Waals surface area contributed by atoms with Crippen molar-refractivity contribution in [2.75, 3.05) is 19.6 Å². The number of aryl methyl sites for hydroxylation is 1. The predicted octanol–water partition coefficient (Wildman–Crippen LogP) is 2.07. The number of aromatic nitrogens is 2. The minimum atomic E-state index is -0.121. The molecule has 2 N–H and O–H groups in total. The number of thiophene rings is 1. The van der Waals surface area contributed by atoms with Crippen LogP contribution in [0.1, 0.15) is 24.1 Å². The fourth-order valence-electron chi connectivity index (χ4n) is 3.10. The minimum Gasteiger partial charge on any atom is -0.356 e. The van der Waals surface area contributed by atoms with Gasteiger partial charge in [0.05, 0.1) is 18.8 Å². The van der Waals surface area contributed by atoms with Crippen molar-refractivity contribution in [2.45, 2.75) is 32.4 Å². The zero-order chi connectivity index (χ0) is 18.2. The molecule has 0 aromatic carbocycles. The number of imidazole rings is 1. The van der Waals surface area contributed by atoms with E-state index in [9.17, 15) is 9.59 Å². The monoisotopic (exact) mass is 375 g/mol. The van der Waals surface area contributed by atoms with Crippen molar-refractivity contribution in [3.8, 4) is 0 Å². The van der Waals surface area contributed by atoms with E-state index in [0.29, 0.717) is 26.2 Å². The minimum absolute atomic E-state index is 0.0476. The van der Waals surface area contributed by atoms with E-state index >= 15 is 0 Å². The van der Waals surface area contributed by atoms with Crippen molar-refractivity contribution in [1.82, 2.24) is 25.1 Å². The summed E-state index contributed by atoms with van der Waals surface area (Å²) in [5.74, 6) is -0.0733. The quantitative estimate of drug-likeness (QED) is 0.727. The maximum atomic E-state index is 12.4. The lowest BCUT2D eigenvalue weighted by atomic mass is 9.97. The van der Waals surface area contributed by atoms with Gasteiger partial charge >= 0.3 is 6.03 Å². The molecule has 1 aliphatic rings. The fraction of sp³-hybridized carbons (Fsp3) is 0.500. The molecule has 140 valence electrons. The van der Waals surface area contributed by atoms with Crippen molar-refractivity contribution < 1.29 is 9.59 Å². The van der Waals surface area contributed by atoms with Gasteiger partial charge in [0, 0.05) is 43.4 Å². The average Bonchev–Trinajstić information content (AvgIpc) is 3.37. The maximum Gasteiger partial charge on any atom is 0.317 e. The Bertz CT molecular complexity index is 687. The fourth-order valence-corrected chi connectivity index (χ4v) is 3.74. The average molecular weight is 375 g/mol. The lowest BCUT2D eigenvalue weighted by molar-refractivity contribution is -0.126. The molecule has 7 nitrogen and oxygen atoms in total. The van der Waals surface area contributed by atoms with Gasteiger partial charge in [0.15, 0.2) is 0 Å². The molecule has 3 rings (SSSR count). The largest absolute Gasteiger partial charge is 0.356 e. The van der Waals surface area contributed by atoms with E-state index in [1.54, 1.807) is 28.8 Å². The zero-order valence-corrected chi connectivity index (χ0v) is 15.6. The second kappa shape index (κ2) is 9.38. The summed E-state index contributed by atoms with van der Waals surface area (Å²) in [6, 6.07) is 3.89. The van der Waals surface area contributed by atoms with Crippen LogP contribution in [0, 0.1) is 5.92 Å². The summed E-state index contributed by atoms with van der Waals surface area (Å²) >= 11 is 1.62. The second-order valence-corrected chi connectivity index (χ2v) is 7.50. The van der Waals surface area contributed by atoms with Gasteiger partial charge in [-0.25, -0.2) is 9.78 Å². The number of carbonyl (C=O) groups is 2. The summed E-state index contributed by atoms with van der Waals surface area (Å²) in [5, 5.41) is 7.93. The number of amides is 3. The molecule has 3 amide bonds. The van der Waals surface area contributed by atoms with E-state index in [2.05, 4.69) is 15.6 Å². The van der Waals surface area contributed by atoms with Gasteiger partial charge in [-0.2, -0.15) is 0 Å². The molecule has 0 aliphatic carbocycles. The third-order valence-electron chi connectivity index (χ3n) is 4.52. The van der Waals surface area contributed by atoms with Crippen molar-refractivity contribution in [1.29, 1.82) is 0 Å². The third-order valence-corrected chi connectivity index (χ3v) is 5.40. The molecule has 0 saturated carbocycles. The molecule has 0 bridgehead atoms. The predicted molar refractivity (Wildman–Crippen MR) is 101 cm³/mol. The van der Waals surface area contributed by atoms with Crippen LogP contribution < -0.4 is 10.6 Å². The number of piperidine rings is 1. The van der Waals surface area contributed by atoms with E-state index < -0.39 is 0 Å². The molecule has 26 heavy (non-hydrogen) atoms. The topological polar surface area (TPSA) is 79.3 Å². The number of rotatable bonds is 7. The van der Waals surface area contributed by atoms with Gasteiger partial charge in [-0.3, -0.25) is 4.79 Å². The molecule has 8 heteroatoms. The Morgan fingerprint density at radius 2 is 2.27 bits per heavy atom. The van der Waals surface area contributed by atoms with E-state index in [4.69, 9.17) is 0 Å². The van der Waals surface area contributed by atoms with Gasteiger partial charge in [-0.05, 0) is 30.7 Å². The SMILES string of the molecule is O=C(NCCCn1ccnc1)C1CCCN(C(=O)NCc2cccs2)C1. The summed E-state index contributed by atoms with van der Waals surface area (Å²) in [5.41, 5.74) is 0. The van der Waals surface area contributed by atoms with Crippen LogP contribution in [-0.2, 0) is 17.9 Å². The molecule has 1 atom stereocenters. The van der Waals surface area contributed by atoms with E-state index in [1.807, 2.05) is 28.3 Å². The molecule has 1 unspecified atom stereocenters. The molecule has 1 saturated heterocycles. The number of nitrogens with zero attached hydrogens (tertiary/aromatic N) is 3. The Morgan fingerprint density at radius 1 is 1.35 bits per heavy atom. The molecule has 2 aromatic rings. The second-order valence-electron chi connectivity index (χ2n) is 6.47. The third kappa shape index (κ3) is 5.32. The zero-order valence-electron chi connectivity index (χ0n) is 14.8.